The largest absolute Gasteiger partial charge is 0.497 e. The highest BCUT2D eigenvalue weighted by molar-refractivity contribution is 7.16. The van der Waals surface area contributed by atoms with Gasteiger partial charge in [-0.1, -0.05) is 42.5 Å². The minimum absolute atomic E-state index is 0.0905. The lowest BCUT2D eigenvalue weighted by molar-refractivity contribution is 0.0528. The molecular weight excluding hydrogens is 586 g/mol. The number of nitrogens with zero attached hydrogens (tertiary/aromatic N) is 5. The monoisotopic (exact) mass is 621 g/mol. The summed E-state index contributed by atoms with van der Waals surface area (Å²) in [6, 6.07) is 22.1. The predicted octanol–water partition coefficient (Wildman–Crippen LogP) is 6.93. The number of benzene rings is 3. The Hall–Kier alpha value is -4.67. The summed E-state index contributed by atoms with van der Waals surface area (Å²) in [5, 5.41) is 6.36. The van der Waals surface area contributed by atoms with Crippen LogP contribution in [-0.2, 0) is 6.61 Å². The summed E-state index contributed by atoms with van der Waals surface area (Å²) in [6.07, 6.45) is 1.88. The molecule has 3 aromatic heterocycles. The summed E-state index contributed by atoms with van der Waals surface area (Å²) < 4.78 is 19.9. The lowest BCUT2D eigenvalue weighted by Gasteiger charge is -2.39. The molecule has 4 heterocycles. The number of rotatable bonds is 8. The number of amides is 1. The fourth-order valence-electron chi connectivity index (χ4n) is 6.03. The number of aryl methyl sites for hydroxylation is 1. The Balaban J connectivity index is 1.07. The van der Waals surface area contributed by atoms with Crippen molar-refractivity contribution in [3.8, 4) is 34.1 Å². The van der Waals surface area contributed by atoms with E-state index in [4.69, 9.17) is 18.9 Å². The Bertz CT molecular complexity index is 1960. The summed E-state index contributed by atoms with van der Waals surface area (Å²) >= 11 is 1.54. The van der Waals surface area contributed by atoms with Crippen molar-refractivity contribution in [2.75, 3.05) is 33.3 Å². The molecule has 0 bridgehead atoms. The SMILES string of the molecule is CCN1CCN(C(=O)c2ccc(-c3cccc(OCc4cc(OC)cc5oc(-c6cn7nc(C)sc7n6)cc45)c3)cc2)C[C@H]1C. The number of imidazole rings is 1. The van der Waals surface area contributed by atoms with Gasteiger partial charge < -0.3 is 18.8 Å². The van der Waals surface area contributed by atoms with E-state index >= 15 is 0 Å². The van der Waals surface area contributed by atoms with Crippen molar-refractivity contribution in [1.29, 1.82) is 0 Å². The van der Waals surface area contributed by atoms with E-state index in [9.17, 15) is 4.79 Å². The summed E-state index contributed by atoms with van der Waals surface area (Å²) in [5.74, 6) is 2.19. The quantitative estimate of drug-likeness (QED) is 0.182. The number of carbonyl (C=O) groups excluding carboxylic acids is 1. The highest BCUT2D eigenvalue weighted by atomic mass is 32.1. The van der Waals surface area contributed by atoms with E-state index in [-0.39, 0.29) is 5.91 Å². The van der Waals surface area contributed by atoms with Crippen molar-refractivity contribution in [2.24, 2.45) is 0 Å². The summed E-state index contributed by atoms with van der Waals surface area (Å²) in [7, 11) is 1.64. The van der Waals surface area contributed by atoms with Gasteiger partial charge in [0.05, 0.1) is 13.3 Å². The van der Waals surface area contributed by atoms with Gasteiger partial charge in [0, 0.05) is 48.3 Å². The minimum atomic E-state index is 0.0905. The number of likely N-dealkylation sites (N-methyl/N-ethyl adjacent to an activating group) is 1. The average Bonchev–Trinajstić information content (AvgIpc) is 3.76. The van der Waals surface area contributed by atoms with E-state index in [1.54, 1.807) is 11.6 Å². The predicted molar refractivity (Wildman–Crippen MR) is 176 cm³/mol. The zero-order valence-electron chi connectivity index (χ0n) is 25.8. The van der Waals surface area contributed by atoms with Gasteiger partial charge >= 0.3 is 0 Å². The van der Waals surface area contributed by atoms with Crippen LogP contribution < -0.4 is 9.47 Å². The Kier molecular flexibility index (Phi) is 7.76. The summed E-state index contributed by atoms with van der Waals surface area (Å²) in [4.78, 5) is 23.1. The molecule has 1 aliphatic heterocycles. The minimum Gasteiger partial charge on any atom is -0.497 e. The third-order valence-electron chi connectivity index (χ3n) is 8.48. The molecule has 10 heteroatoms. The van der Waals surface area contributed by atoms with E-state index in [0.29, 0.717) is 35.3 Å². The van der Waals surface area contributed by atoms with Gasteiger partial charge in [0.1, 0.15) is 34.4 Å². The fraction of sp³-hybridized carbons (Fsp3) is 0.286. The molecular formula is C35H35N5O4S. The zero-order valence-corrected chi connectivity index (χ0v) is 26.6. The Morgan fingerprint density at radius 1 is 1.04 bits per heavy atom. The number of aromatic nitrogens is 3. The van der Waals surface area contributed by atoms with Crippen molar-refractivity contribution in [1.82, 2.24) is 24.4 Å². The Labute approximate surface area is 265 Å². The lowest BCUT2D eigenvalue weighted by Crippen LogP contribution is -2.53. The van der Waals surface area contributed by atoms with Crippen molar-refractivity contribution in [3.05, 3.63) is 89.1 Å². The van der Waals surface area contributed by atoms with Crippen LogP contribution in [0.5, 0.6) is 11.5 Å². The van der Waals surface area contributed by atoms with E-state index in [1.165, 1.54) is 11.3 Å². The first-order valence-electron chi connectivity index (χ1n) is 15.2. The van der Waals surface area contributed by atoms with Crippen LogP contribution in [-0.4, -0.2) is 69.6 Å². The topological polar surface area (TPSA) is 85.3 Å². The van der Waals surface area contributed by atoms with Crippen molar-refractivity contribution in [3.63, 3.8) is 0 Å². The maximum Gasteiger partial charge on any atom is 0.253 e. The van der Waals surface area contributed by atoms with Crippen molar-refractivity contribution in [2.45, 2.75) is 33.4 Å². The third-order valence-corrected chi connectivity index (χ3v) is 9.32. The third kappa shape index (κ3) is 5.79. The Morgan fingerprint density at radius 2 is 1.89 bits per heavy atom. The molecule has 1 aliphatic rings. The van der Waals surface area contributed by atoms with Crippen molar-refractivity contribution >= 4 is 33.2 Å². The highest BCUT2D eigenvalue weighted by Gasteiger charge is 2.26. The second-order valence-electron chi connectivity index (χ2n) is 11.4. The summed E-state index contributed by atoms with van der Waals surface area (Å²) in [6.45, 7) is 10.1. The van der Waals surface area contributed by atoms with Crippen molar-refractivity contribution < 1.29 is 18.7 Å². The van der Waals surface area contributed by atoms with Crippen LogP contribution in [0.4, 0.5) is 0 Å². The van der Waals surface area contributed by atoms with Gasteiger partial charge in [-0.2, -0.15) is 5.10 Å². The molecule has 230 valence electrons. The van der Waals surface area contributed by atoms with E-state index in [2.05, 4.69) is 23.8 Å². The number of methoxy groups -OCH3 is 1. The standard InChI is InChI=1S/C35H35N5O4S/c1-5-38-13-14-39(19-22(38)2)34(41)25-11-9-24(10-12-25)26-7-6-8-28(15-26)43-21-27-16-29(42-4)17-32-30(27)18-33(44-32)31-20-40-35(36-31)45-23(3)37-40/h6-12,15-18,20,22H,5,13-14,19,21H2,1-4H3/t22-/m1/s1. The highest BCUT2D eigenvalue weighted by Crippen LogP contribution is 2.34. The van der Waals surface area contributed by atoms with E-state index in [0.717, 1.165) is 69.7 Å². The van der Waals surface area contributed by atoms with Crippen LogP contribution in [0.1, 0.15) is 34.8 Å². The fourth-order valence-corrected chi connectivity index (χ4v) is 6.75. The molecule has 0 unspecified atom stereocenters. The molecule has 0 spiro atoms. The first-order valence-corrected chi connectivity index (χ1v) is 16.0. The molecule has 0 saturated carbocycles. The average molecular weight is 622 g/mol. The molecule has 1 saturated heterocycles. The van der Waals surface area contributed by atoms with Gasteiger partial charge in [-0.25, -0.2) is 9.50 Å². The van der Waals surface area contributed by atoms with Crippen LogP contribution >= 0.6 is 11.3 Å². The van der Waals surface area contributed by atoms with Gasteiger partial charge in [0.2, 0.25) is 4.96 Å². The number of carbonyl (C=O) groups is 1. The van der Waals surface area contributed by atoms with Crippen LogP contribution in [0.25, 0.3) is 38.5 Å². The molecule has 1 atom stereocenters. The van der Waals surface area contributed by atoms with E-state index < -0.39 is 0 Å². The zero-order chi connectivity index (χ0) is 31.1. The first-order chi connectivity index (χ1) is 21.9. The normalized spacial score (nSPS) is 15.6. The van der Waals surface area contributed by atoms with Gasteiger partial charge in [-0.05, 0) is 67.9 Å². The maximum atomic E-state index is 13.2. The number of hydrogen-bond acceptors (Lipinski definition) is 8. The number of furan rings is 1. The second kappa shape index (κ2) is 12.0. The van der Waals surface area contributed by atoms with E-state index in [1.807, 2.05) is 84.8 Å². The number of ether oxygens (including phenoxy) is 2. The van der Waals surface area contributed by atoms with Gasteiger partial charge in [0.15, 0.2) is 5.76 Å². The number of hydrogen-bond donors (Lipinski definition) is 0. The van der Waals surface area contributed by atoms with Crippen LogP contribution in [0.3, 0.4) is 0 Å². The molecule has 7 rings (SSSR count). The Morgan fingerprint density at radius 3 is 2.64 bits per heavy atom. The number of piperazine rings is 1. The van der Waals surface area contributed by atoms with Gasteiger partial charge in [0.25, 0.3) is 5.91 Å². The molecule has 1 amide bonds. The molecule has 1 fully saturated rings. The smallest absolute Gasteiger partial charge is 0.253 e. The maximum absolute atomic E-state index is 13.2. The van der Waals surface area contributed by atoms with Crippen LogP contribution in [0.15, 0.2) is 77.3 Å². The molecule has 6 aromatic rings. The lowest BCUT2D eigenvalue weighted by atomic mass is 10.0. The molecule has 3 aromatic carbocycles. The molecule has 45 heavy (non-hydrogen) atoms. The number of fused-ring (bicyclic) bond motifs is 2. The molecule has 9 nitrogen and oxygen atoms in total. The second-order valence-corrected chi connectivity index (χ2v) is 12.6. The van der Waals surface area contributed by atoms with Crippen LogP contribution in [0.2, 0.25) is 0 Å². The van der Waals surface area contributed by atoms with Gasteiger partial charge in [-0.3, -0.25) is 9.69 Å². The first kappa shape index (κ1) is 29.1. The van der Waals surface area contributed by atoms with Gasteiger partial charge in [-0.15, -0.1) is 0 Å². The summed E-state index contributed by atoms with van der Waals surface area (Å²) in [5.41, 5.74) is 5.12. The molecule has 0 radical (unpaired) electrons. The molecule has 0 N–H and O–H groups in total. The van der Waals surface area contributed by atoms with Crippen LogP contribution in [0, 0.1) is 6.92 Å². The molecule has 0 aliphatic carbocycles.